The Bertz CT molecular complexity index is 1330. The maximum Gasteiger partial charge on any atom is 0.254 e. The molecule has 154 valence electrons. The van der Waals surface area contributed by atoms with Gasteiger partial charge in [0.2, 0.25) is 11.7 Å². The van der Waals surface area contributed by atoms with Gasteiger partial charge in [-0.15, -0.1) is 10.2 Å². The van der Waals surface area contributed by atoms with Gasteiger partial charge >= 0.3 is 0 Å². The van der Waals surface area contributed by atoms with E-state index in [1.54, 1.807) is 12.1 Å². The van der Waals surface area contributed by atoms with E-state index in [0.717, 1.165) is 23.1 Å². The van der Waals surface area contributed by atoms with Crippen molar-refractivity contribution in [2.24, 2.45) is 0 Å². The molecule has 0 saturated carbocycles. The summed E-state index contributed by atoms with van der Waals surface area (Å²) in [6, 6.07) is 15.1. The third kappa shape index (κ3) is 3.11. The molecular weight excluding hydrogens is 415 g/mol. The molecule has 0 radical (unpaired) electrons. The predicted molar refractivity (Wildman–Crippen MR) is 103 cm³/mol. The van der Waals surface area contributed by atoms with E-state index >= 15 is 0 Å². The zero-order valence-electron chi connectivity index (χ0n) is 15.6. The first-order valence-electron chi connectivity index (χ1n) is 9.18. The average Bonchev–Trinajstić information content (AvgIpc) is 3.44. The van der Waals surface area contributed by atoms with Crippen LogP contribution in [-0.2, 0) is 6.42 Å². The van der Waals surface area contributed by atoms with E-state index in [0.29, 0.717) is 5.56 Å². The van der Waals surface area contributed by atoms with Gasteiger partial charge in [-0.3, -0.25) is 0 Å². The molecule has 0 unspecified atom stereocenters. The summed E-state index contributed by atoms with van der Waals surface area (Å²) in [4.78, 5) is 0. The second-order valence-electron chi connectivity index (χ2n) is 6.98. The lowest BCUT2D eigenvalue weighted by Crippen LogP contribution is -2.04. The molecule has 1 aliphatic rings. The molecule has 5 rings (SSSR count). The van der Waals surface area contributed by atoms with Crippen LogP contribution in [-0.4, -0.2) is 10.2 Å². The number of benzene rings is 3. The lowest BCUT2D eigenvalue weighted by molar-refractivity contribution is 0.378. The Morgan fingerprint density at radius 1 is 0.645 bits per heavy atom. The van der Waals surface area contributed by atoms with Crippen LogP contribution in [0.1, 0.15) is 16.7 Å². The van der Waals surface area contributed by atoms with Crippen molar-refractivity contribution in [3.63, 3.8) is 0 Å². The molecule has 4 aromatic rings. The molecule has 1 aromatic heterocycles. The number of hydrogen-bond donors (Lipinski definition) is 0. The molecule has 0 N–H and O–H groups in total. The standard InChI is InChI=1S/C23H11F5N2O/c24-17-16(18(25)20(27)21(28)19(17)26)23-30-29-22(31-23)12-7-5-11(6-8-12)15-9-13-3-1-2-4-14(13)10-15/h1-9H,10H2. The van der Waals surface area contributed by atoms with Crippen LogP contribution in [0.4, 0.5) is 22.0 Å². The van der Waals surface area contributed by atoms with E-state index in [2.05, 4.69) is 22.3 Å². The smallest absolute Gasteiger partial charge is 0.254 e. The largest absolute Gasteiger partial charge is 0.416 e. The maximum absolute atomic E-state index is 14.0. The Labute approximate surface area is 172 Å². The first-order valence-corrected chi connectivity index (χ1v) is 9.18. The zero-order chi connectivity index (χ0) is 21.7. The molecule has 1 heterocycles. The van der Waals surface area contributed by atoms with Crippen LogP contribution < -0.4 is 0 Å². The number of nitrogens with zero attached hydrogens (tertiary/aromatic N) is 2. The Morgan fingerprint density at radius 2 is 1.23 bits per heavy atom. The van der Waals surface area contributed by atoms with Gasteiger partial charge in [-0.05, 0) is 40.8 Å². The van der Waals surface area contributed by atoms with E-state index in [9.17, 15) is 22.0 Å². The van der Waals surface area contributed by atoms with Gasteiger partial charge in [0.1, 0.15) is 5.56 Å². The highest BCUT2D eigenvalue weighted by Crippen LogP contribution is 2.34. The van der Waals surface area contributed by atoms with E-state index in [-0.39, 0.29) is 5.89 Å². The first kappa shape index (κ1) is 19.2. The number of allylic oxidation sites excluding steroid dienone is 1. The summed E-state index contributed by atoms with van der Waals surface area (Å²) in [5.41, 5.74) is 3.65. The fraction of sp³-hybridized carbons (Fsp3) is 0.0435. The van der Waals surface area contributed by atoms with Gasteiger partial charge in [0.05, 0.1) is 0 Å². The van der Waals surface area contributed by atoms with Gasteiger partial charge in [-0.1, -0.05) is 42.5 Å². The van der Waals surface area contributed by atoms with E-state index in [1.807, 2.05) is 30.3 Å². The minimum atomic E-state index is -2.25. The summed E-state index contributed by atoms with van der Waals surface area (Å²) in [5.74, 6) is -11.4. The summed E-state index contributed by atoms with van der Waals surface area (Å²) in [7, 11) is 0. The molecule has 3 nitrogen and oxygen atoms in total. The second kappa shape index (κ2) is 7.16. The Hall–Kier alpha value is -3.81. The van der Waals surface area contributed by atoms with Crippen molar-refractivity contribution in [3.8, 4) is 22.9 Å². The van der Waals surface area contributed by atoms with Crippen molar-refractivity contribution < 1.29 is 26.4 Å². The summed E-state index contributed by atoms with van der Waals surface area (Å²) in [6.07, 6.45) is 2.89. The summed E-state index contributed by atoms with van der Waals surface area (Å²) in [6.45, 7) is 0. The Kier molecular flexibility index (Phi) is 4.43. The Morgan fingerprint density at radius 3 is 1.90 bits per heavy atom. The van der Waals surface area contributed by atoms with Crippen LogP contribution in [0.5, 0.6) is 0 Å². The molecule has 0 amide bonds. The monoisotopic (exact) mass is 426 g/mol. The van der Waals surface area contributed by atoms with Crippen LogP contribution in [0.25, 0.3) is 34.6 Å². The third-order valence-electron chi connectivity index (χ3n) is 5.12. The molecule has 0 aliphatic heterocycles. The minimum Gasteiger partial charge on any atom is -0.416 e. The van der Waals surface area contributed by atoms with E-state index in [1.165, 1.54) is 5.56 Å². The molecule has 1 aliphatic carbocycles. The van der Waals surface area contributed by atoms with E-state index in [4.69, 9.17) is 4.42 Å². The number of rotatable bonds is 3. The second-order valence-corrected chi connectivity index (χ2v) is 6.98. The maximum atomic E-state index is 14.0. The van der Waals surface area contributed by atoms with Gasteiger partial charge in [-0.25, -0.2) is 22.0 Å². The predicted octanol–water partition coefficient (Wildman–Crippen LogP) is 6.20. The quantitative estimate of drug-likeness (QED) is 0.223. The normalized spacial score (nSPS) is 12.7. The lowest BCUT2D eigenvalue weighted by atomic mass is 10.0. The molecule has 0 atom stereocenters. The molecule has 0 bridgehead atoms. The number of halogens is 5. The van der Waals surface area contributed by atoms with Gasteiger partial charge in [0.15, 0.2) is 23.3 Å². The van der Waals surface area contributed by atoms with Crippen LogP contribution in [0.2, 0.25) is 0 Å². The zero-order valence-corrected chi connectivity index (χ0v) is 15.6. The van der Waals surface area contributed by atoms with Crippen molar-refractivity contribution in [2.75, 3.05) is 0 Å². The highest BCUT2D eigenvalue weighted by molar-refractivity contribution is 5.88. The SMILES string of the molecule is Fc1c(F)c(F)c(-c2nnc(-c3ccc(C4=Cc5ccccc5C4)cc3)o2)c(F)c1F. The molecule has 0 fully saturated rings. The molecule has 0 spiro atoms. The van der Waals surface area contributed by atoms with Crippen LogP contribution >= 0.6 is 0 Å². The fourth-order valence-electron chi connectivity index (χ4n) is 3.53. The number of hydrogen-bond acceptors (Lipinski definition) is 3. The molecule has 0 saturated heterocycles. The van der Waals surface area contributed by atoms with E-state index < -0.39 is 40.5 Å². The number of aromatic nitrogens is 2. The average molecular weight is 426 g/mol. The molecule has 31 heavy (non-hydrogen) atoms. The first-order chi connectivity index (χ1) is 14.9. The van der Waals surface area contributed by atoms with Crippen LogP contribution in [0.15, 0.2) is 52.9 Å². The van der Waals surface area contributed by atoms with Crippen LogP contribution in [0, 0.1) is 29.1 Å². The summed E-state index contributed by atoms with van der Waals surface area (Å²) < 4.78 is 73.3. The van der Waals surface area contributed by atoms with Crippen LogP contribution in [0.3, 0.4) is 0 Å². The third-order valence-corrected chi connectivity index (χ3v) is 5.12. The topological polar surface area (TPSA) is 38.9 Å². The van der Waals surface area contributed by atoms with Gasteiger partial charge in [0.25, 0.3) is 5.89 Å². The summed E-state index contributed by atoms with van der Waals surface area (Å²) >= 11 is 0. The lowest BCUT2D eigenvalue weighted by Gasteiger charge is -2.04. The Balaban J connectivity index is 1.46. The number of fused-ring (bicyclic) bond motifs is 1. The van der Waals surface area contributed by atoms with Crippen molar-refractivity contribution in [3.05, 3.63) is 94.3 Å². The fourth-order valence-corrected chi connectivity index (χ4v) is 3.53. The highest BCUT2D eigenvalue weighted by Gasteiger charge is 2.29. The molecular formula is C23H11F5N2O. The van der Waals surface area contributed by atoms with Gasteiger partial charge in [0, 0.05) is 5.56 Å². The molecule has 8 heteroatoms. The van der Waals surface area contributed by atoms with Crippen molar-refractivity contribution in [1.82, 2.24) is 10.2 Å². The van der Waals surface area contributed by atoms with Gasteiger partial charge in [-0.2, -0.15) is 0 Å². The van der Waals surface area contributed by atoms with Crippen molar-refractivity contribution in [2.45, 2.75) is 6.42 Å². The minimum absolute atomic E-state index is 0.117. The molecule has 3 aromatic carbocycles. The van der Waals surface area contributed by atoms with Gasteiger partial charge < -0.3 is 4.42 Å². The van der Waals surface area contributed by atoms with Crippen molar-refractivity contribution in [1.29, 1.82) is 0 Å². The van der Waals surface area contributed by atoms with Crippen molar-refractivity contribution >= 4 is 11.6 Å². The summed E-state index contributed by atoms with van der Waals surface area (Å²) in [5, 5.41) is 7.14. The highest BCUT2D eigenvalue weighted by atomic mass is 19.2.